The molecule has 0 radical (unpaired) electrons. The van der Waals surface area contributed by atoms with Crippen LogP contribution in [0, 0.1) is 0 Å². The minimum Gasteiger partial charge on any atom is -0.477 e. The van der Waals surface area contributed by atoms with Crippen molar-refractivity contribution in [2.45, 2.75) is 37.5 Å². The Hall–Kier alpha value is -0.610. The van der Waals surface area contributed by atoms with Crippen molar-refractivity contribution in [1.82, 2.24) is 4.57 Å². The molecule has 1 N–H and O–H groups in total. The number of hydrogen-bond acceptors (Lipinski definition) is 2. The molecular formula is C12H16ClNO2S. The lowest BCUT2D eigenvalue weighted by atomic mass is 10.2. The number of carboxylic acids is 1. The van der Waals surface area contributed by atoms with E-state index in [0.29, 0.717) is 16.0 Å². The summed E-state index contributed by atoms with van der Waals surface area (Å²) >= 11 is 7.86. The molecular weight excluding hydrogens is 258 g/mol. The number of carboxylic acid groups (broad SMARTS) is 1. The molecule has 1 aromatic heterocycles. The molecule has 1 heterocycles. The molecule has 1 aliphatic rings. The average molecular weight is 274 g/mol. The Labute approximate surface area is 110 Å². The molecule has 0 spiro atoms. The van der Waals surface area contributed by atoms with E-state index < -0.39 is 5.97 Å². The molecule has 0 bridgehead atoms. The smallest absolute Gasteiger partial charge is 0.352 e. The summed E-state index contributed by atoms with van der Waals surface area (Å²) in [5.74, 6) is 0.221. The standard InChI is InChI=1S/C12H16ClNO2S/c1-2-17-10-4-3-9(6-10)14-7-8(13)5-11(14)12(15)16/h5,7,9-10H,2-4,6H2,1H3,(H,15,16). The van der Waals surface area contributed by atoms with Gasteiger partial charge in [0.15, 0.2) is 0 Å². The molecule has 0 aliphatic heterocycles. The van der Waals surface area contributed by atoms with Crippen LogP contribution in [-0.4, -0.2) is 26.6 Å². The number of aromatic nitrogens is 1. The molecule has 1 fully saturated rings. The van der Waals surface area contributed by atoms with Gasteiger partial charge in [-0.3, -0.25) is 0 Å². The van der Waals surface area contributed by atoms with E-state index in [1.165, 1.54) is 6.07 Å². The van der Waals surface area contributed by atoms with Gasteiger partial charge < -0.3 is 9.67 Å². The Kier molecular flexibility index (Phi) is 4.05. The Bertz CT molecular complexity index is 419. The fourth-order valence-electron chi connectivity index (χ4n) is 2.48. The second-order valence-electron chi connectivity index (χ2n) is 4.30. The van der Waals surface area contributed by atoms with Crippen LogP contribution in [0.3, 0.4) is 0 Å². The van der Waals surface area contributed by atoms with Crippen molar-refractivity contribution in [2.24, 2.45) is 0 Å². The number of hydrogen-bond donors (Lipinski definition) is 1. The van der Waals surface area contributed by atoms with Crippen LogP contribution in [0.4, 0.5) is 0 Å². The highest BCUT2D eigenvalue weighted by molar-refractivity contribution is 7.99. The number of thioether (sulfide) groups is 1. The molecule has 0 saturated heterocycles. The first kappa shape index (κ1) is 12.8. The van der Waals surface area contributed by atoms with Gasteiger partial charge in [-0.05, 0) is 31.1 Å². The predicted octanol–water partition coefficient (Wildman–Crippen LogP) is 3.69. The van der Waals surface area contributed by atoms with Gasteiger partial charge in [0.05, 0.1) is 5.02 Å². The number of nitrogens with zero attached hydrogens (tertiary/aromatic N) is 1. The molecule has 5 heteroatoms. The van der Waals surface area contributed by atoms with E-state index in [0.717, 1.165) is 25.0 Å². The highest BCUT2D eigenvalue weighted by atomic mass is 35.5. The number of aromatic carboxylic acids is 1. The Morgan fingerprint density at radius 2 is 2.41 bits per heavy atom. The van der Waals surface area contributed by atoms with Crippen LogP contribution in [0.15, 0.2) is 12.3 Å². The first-order valence-corrected chi connectivity index (χ1v) is 7.26. The van der Waals surface area contributed by atoms with Crippen molar-refractivity contribution in [3.8, 4) is 0 Å². The van der Waals surface area contributed by atoms with Crippen molar-refractivity contribution >= 4 is 29.3 Å². The van der Waals surface area contributed by atoms with Gasteiger partial charge in [0.1, 0.15) is 5.69 Å². The van der Waals surface area contributed by atoms with E-state index in [-0.39, 0.29) is 6.04 Å². The highest BCUT2D eigenvalue weighted by Crippen LogP contribution is 2.38. The maximum Gasteiger partial charge on any atom is 0.352 e. The third-order valence-electron chi connectivity index (χ3n) is 3.19. The van der Waals surface area contributed by atoms with Crippen molar-refractivity contribution < 1.29 is 9.90 Å². The summed E-state index contributed by atoms with van der Waals surface area (Å²) in [7, 11) is 0. The minimum atomic E-state index is -0.900. The van der Waals surface area contributed by atoms with Gasteiger partial charge in [-0.1, -0.05) is 18.5 Å². The summed E-state index contributed by atoms with van der Waals surface area (Å²) in [5.41, 5.74) is 0.308. The zero-order chi connectivity index (χ0) is 12.4. The third kappa shape index (κ3) is 2.80. The summed E-state index contributed by atoms with van der Waals surface area (Å²) < 4.78 is 1.83. The molecule has 3 nitrogen and oxygen atoms in total. The first-order chi connectivity index (χ1) is 8.11. The molecule has 2 atom stereocenters. The Morgan fingerprint density at radius 1 is 1.65 bits per heavy atom. The topological polar surface area (TPSA) is 42.2 Å². The fourth-order valence-corrected chi connectivity index (χ4v) is 3.82. The van der Waals surface area contributed by atoms with E-state index in [2.05, 4.69) is 6.92 Å². The largest absolute Gasteiger partial charge is 0.477 e. The maximum absolute atomic E-state index is 11.1. The van der Waals surface area contributed by atoms with E-state index >= 15 is 0 Å². The van der Waals surface area contributed by atoms with Crippen molar-refractivity contribution in [3.63, 3.8) is 0 Å². The zero-order valence-corrected chi connectivity index (χ0v) is 11.3. The van der Waals surface area contributed by atoms with Gasteiger partial charge in [0, 0.05) is 17.5 Å². The summed E-state index contributed by atoms with van der Waals surface area (Å²) in [6, 6.07) is 1.82. The second-order valence-corrected chi connectivity index (χ2v) is 6.31. The third-order valence-corrected chi connectivity index (χ3v) is 4.63. The van der Waals surface area contributed by atoms with Crippen molar-refractivity contribution in [1.29, 1.82) is 0 Å². The average Bonchev–Trinajstić information content (AvgIpc) is 2.85. The van der Waals surface area contributed by atoms with Crippen LogP contribution in [0.25, 0.3) is 0 Å². The zero-order valence-electron chi connectivity index (χ0n) is 9.73. The molecule has 17 heavy (non-hydrogen) atoms. The number of rotatable bonds is 4. The molecule has 0 aromatic carbocycles. The summed E-state index contributed by atoms with van der Waals surface area (Å²) in [5, 5.41) is 10.3. The van der Waals surface area contributed by atoms with Crippen molar-refractivity contribution in [2.75, 3.05) is 5.75 Å². The van der Waals surface area contributed by atoms with Gasteiger partial charge in [0.2, 0.25) is 0 Å². The van der Waals surface area contributed by atoms with Crippen LogP contribution >= 0.6 is 23.4 Å². The van der Waals surface area contributed by atoms with Crippen LogP contribution in [0.5, 0.6) is 0 Å². The van der Waals surface area contributed by atoms with Gasteiger partial charge in [0.25, 0.3) is 0 Å². The van der Waals surface area contributed by atoms with Crippen LogP contribution < -0.4 is 0 Å². The Balaban J connectivity index is 2.15. The lowest BCUT2D eigenvalue weighted by molar-refractivity contribution is 0.0682. The van der Waals surface area contributed by atoms with Gasteiger partial charge in [-0.2, -0.15) is 11.8 Å². The second kappa shape index (κ2) is 5.36. The fraction of sp³-hybridized carbons (Fsp3) is 0.583. The highest BCUT2D eigenvalue weighted by Gasteiger charge is 2.28. The predicted molar refractivity (Wildman–Crippen MR) is 71.2 cm³/mol. The Morgan fingerprint density at radius 3 is 3.06 bits per heavy atom. The van der Waals surface area contributed by atoms with Crippen LogP contribution in [0.1, 0.15) is 42.7 Å². The van der Waals surface area contributed by atoms with E-state index in [1.54, 1.807) is 6.20 Å². The minimum absolute atomic E-state index is 0.289. The lowest BCUT2D eigenvalue weighted by Gasteiger charge is -2.14. The molecule has 1 aliphatic carbocycles. The molecule has 0 amide bonds. The summed E-state index contributed by atoms with van der Waals surface area (Å²) in [6.07, 6.45) is 5.00. The first-order valence-electron chi connectivity index (χ1n) is 5.84. The molecule has 2 unspecified atom stereocenters. The SMILES string of the molecule is CCSC1CCC(n2cc(Cl)cc2C(=O)O)C1. The van der Waals surface area contributed by atoms with Crippen LogP contribution in [-0.2, 0) is 0 Å². The maximum atomic E-state index is 11.1. The van der Waals surface area contributed by atoms with Gasteiger partial charge in [-0.15, -0.1) is 0 Å². The van der Waals surface area contributed by atoms with E-state index in [1.807, 2.05) is 16.3 Å². The monoisotopic (exact) mass is 273 g/mol. The van der Waals surface area contributed by atoms with Crippen molar-refractivity contribution in [3.05, 3.63) is 23.0 Å². The molecule has 1 aromatic rings. The number of halogens is 1. The number of carbonyl (C=O) groups is 1. The summed E-state index contributed by atoms with van der Waals surface area (Å²) in [6.45, 7) is 2.16. The summed E-state index contributed by atoms with van der Waals surface area (Å²) in [4.78, 5) is 11.1. The quantitative estimate of drug-likeness (QED) is 0.910. The molecule has 1 saturated carbocycles. The molecule has 94 valence electrons. The van der Waals surface area contributed by atoms with Crippen LogP contribution in [0.2, 0.25) is 5.02 Å². The lowest BCUT2D eigenvalue weighted by Crippen LogP contribution is -2.12. The van der Waals surface area contributed by atoms with E-state index in [9.17, 15) is 4.79 Å². The molecule has 2 rings (SSSR count). The van der Waals surface area contributed by atoms with Gasteiger partial charge in [-0.25, -0.2) is 4.79 Å². The normalized spacial score (nSPS) is 24.1. The van der Waals surface area contributed by atoms with Gasteiger partial charge >= 0.3 is 5.97 Å². The van der Waals surface area contributed by atoms with E-state index in [4.69, 9.17) is 16.7 Å².